The van der Waals surface area contributed by atoms with E-state index in [2.05, 4.69) is 13.8 Å². The van der Waals surface area contributed by atoms with Crippen LogP contribution in [0.4, 0.5) is 0 Å². The van der Waals surface area contributed by atoms with E-state index in [9.17, 15) is 0 Å². The summed E-state index contributed by atoms with van der Waals surface area (Å²) in [6.07, 6.45) is 5.90. The Labute approximate surface area is 91.0 Å². The van der Waals surface area contributed by atoms with Gasteiger partial charge in [0.25, 0.3) is 0 Å². The van der Waals surface area contributed by atoms with Crippen molar-refractivity contribution in [3.05, 3.63) is 7.43 Å². The minimum atomic E-state index is 0. The molecule has 1 saturated carbocycles. The molecule has 1 radical (unpaired) electrons. The Bertz CT molecular complexity index is 63.1. The summed E-state index contributed by atoms with van der Waals surface area (Å²) in [4.78, 5) is 0. The van der Waals surface area contributed by atoms with Crippen LogP contribution in [0.3, 0.4) is 0 Å². The van der Waals surface area contributed by atoms with Crippen LogP contribution in [-0.2, 0) is 32.7 Å². The third-order valence-corrected chi connectivity index (χ3v) is 2.20. The van der Waals surface area contributed by atoms with Gasteiger partial charge < -0.3 is 7.43 Å². The van der Waals surface area contributed by atoms with Crippen molar-refractivity contribution >= 4 is 0 Å². The maximum absolute atomic E-state index is 2.37. The summed E-state index contributed by atoms with van der Waals surface area (Å²) in [7, 11) is 0. The molecule has 59 valence electrons. The second-order valence-electron chi connectivity index (χ2n) is 3.38. The van der Waals surface area contributed by atoms with Crippen molar-refractivity contribution < 1.29 is 32.7 Å². The van der Waals surface area contributed by atoms with Gasteiger partial charge in [-0.2, -0.15) is 0 Å². The summed E-state index contributed by atoms with van der Waals surface area (Å²) in [5.74, 6) is 2.03. The van der Waals surface area contributed by atoms with Gasteiger partial charge >= 0.3 is 0 Å². The molecule has 0 aliphatic heterocycles. The molecule has 0 heterocycles. The summed E-state index contributed by atoms with van der Waals surface area (Å²) in [5, 5.41) is 0. The first-order valence-electron chi connectivity index (χ1n) is 3.79. The van der Waals surface area contributed by atoms with Gasteiger partial charge in [-0.05, 0) is 18.3 Å². The van der Waals surface area contributed by atoms with Gasteiger partial charge in [-0.3, -0.25) is 0 Å². The van der Waals surface area contributed by atoms with Crippen LogP contribution in [0.25, 0.3) is 0 Å². The smallest absolute Gasteiger partial charge is 0 e. The van der Waals surface area contributed by atoms with Crippen LogP contribution in [0, 0.1) is 19.3 Å². The zero-order chi connectivity index (χ0) is 5.98. The normalized spacial score (nSPS) is 31.8. The molecule has 10 heavy (non-hydrogen) atoms. The summed E-state index contributed by atoms with van der Waals surface area (Å²) >= 11 is 0. The van der Waals surface area contributed by atoms with Gasteiger partial charge in [0.2, 0.25) is 0 Å². The van der Waals surface area contributed by atoms with Crippen molar-refractivity contribution in [2.45, 2.75) is 39.5 Å². The van der Waals surface area contributed by atoms with E-state index in [-0.39, 0.29) is 40.1 Å². The minimum absolute atomic E-state index is 0. The molecular weight excluding hydrogens is 197 g/mol. The quantitative estimate of drug-likeness (QED) is 0.545. The molecule has 1 heteroatoms. The topological polar surface area (TPSA) is 0 Å². The fourth-order valence-corrected chi connectivity index (χ4v) is 1.74. The third-order valence-electron chi connectivity index (χ3n) is 2.20. The molecule has 0 nitrogen and oxygen atoms in total. The minimum Gasteiger partial charge on any atom is -0.358 e. The Hall–Kier alpha value is 1.10. The van der Waals surface area contributed by atoms with Gasteiger partial charge in [-0.15, -0.1) is 0 Å². The molecule has 0 N–H and O–H groups in total. The van der Waals surface area contributed by atoms with Crippen molar-refractivity contribution in [2.75, 3.05) is 0 Å². The molecule has 2 atom stereocenters. The van der Waals surface area contributed by atoms with Crippen molar-refractivity contribution in [1.82, 2.24) is 0 Å². The van der Waals surface area contributed by atoms with Crippen LogP contribution in [0.1, 0.15) is 39.5 Å². The predicted molar refractivity (Wildman–Crippen MR) is 43.2 cm³/mol. The Kier molecular flexibility index (Phi) is 9.29. The fourth-order valence-electron chi connectivity index (χ4n) is 1.74. The van der Waals surface area contributed by atoms with E-state index in [1.54, 1.807) is 0 Å². The van der Waals surface area contributed by atoms with Gasteiger partial charge in [0.1, 0.15) is 0 Å². The maximum atomic E-state index is 2.37. The molecule has 0 aromatic rings. The summed E-state index contributed by atoms with van der Waals surface area (Å²) in [6.45, 7) is 4.74. The van der Waals surface area contributed by atoms with Crippen LogP contribution in [0.2, 0.25) is 0 Å². The fraction of sp³-hybridized carbons (Fsp3) is 0.889. The zero-order valence-electron chi connectivity index (χ0n) is 7.56. The summed E-state index contributed by atoms with van der Waals surface area (Å²) in [6, 6.07) is 0. The second kappa shape index (κ2) is 6.79. The first-order valence-corrected chi connectivity index (χ1v) is 3.79. The largest absolute Gasteiger partial charge is 0.358 e. The molecule has 0 saturated heterocycles. The van der Waals surface area contributed by atoms with Gasteiger partial charge in [0.15, 0.2) is 0 Å². The van der Waals surface area contributed by atoms with E-state index < -0.39 is 0 Å². The monoisotopic (exact) mass is 216 g/mol. The average Bonchev–Trinajstić information content (AvgIpc) is 1.64. The second-order valence-corrected chi connectivity index (χ2v) is 3.38. The molecule has 2 unspecified atom stereocenters. The predicted octanol–water partition coefficient (Wildman–Crippen LogP) is 3.28. The van der Waals surface area contributed by atoms with E-state index >= 15 is 0 Å². The van der Waals surface area contributed by atoms with Gasteiger partial charge in [0.05, 0.1) is 0 Å². The SMILES string of the molecule is CC1CCCC(C)C1.[CH3-].[Y]. The van der Waals surface area contributed by atoms with E-state index in [1.807, 2.05) is 0 Å². The van der Waals surface area contributed by atoms with Gasteiger partial charge in [-0.1, -0.05) is 33.1 Å². The Balaban J connectivity index is 0. The van der Waals surface area contributed by atoms with E-state index in [0.717, 1.165) is 11.8 Å². The Morgan fingerprint density at radius 2 is 1.40 bits per heavy atom. The van der Waals surface area contributed by atoms with E-state index in [4.69, 9.17) is 0 Å². The van der Waals surface area contributed by atoms with E-state index in [0.29, 0.717) is 0 Å². The average molecular weight is 216 g/mol. The maximum Gasteiger partial charge on any atom is 0 e. The molecule has 0 amide bonds. The van der Waals surface area contributed by atoms with Crippen molar-refractivity contribution in [3.63, 3.8) is 0 Å². The molecule has 1 fully saturated rings. The molecule has 0 spiro atoms. The molecule has 0 bridgehead atoms. The van der Waals surface area contributed by atoms with Crippen LogP contribution >= 0.6 is 0 Å². The van der Waals surface area contributed by atoms with Crippen LogP contribution < -0.4 is 0 Å². The van der Waals surface area contributed by atoms with Crippen molar-refractivity contribution in [3.8, 4) is 0 Å². The third kappa shape index (κ3) is 4.85. The molecule has 0 aromatic heterocycles. The first-order chi connectivity index (χ1) is 3.79. The van der Waals surface area contributed by atoms with E-state index in [1.165, 1.54) is 25.7 Å². The number of rotatable bonds is 0. The van der Waals surface area contributed by atoms with Crippen molar-refractivity contribution in [1.29, 1.82) is 0 Å². The summed E-state index contributed by atoms with van der Waals surface area (Å²) in [5.41, 5.74) is 0. The molecule has 1 rings (SSSR count). The molecule has 1 aliphatic carbocycles. The molecule has 0 aromatic carbocycles. The van der Waals surface area contributed by atoms with Crippen LogP contribution in [0.5, 0.6) is 0 Å². The van der Waals surface area contributed by atoms with Gasteiger partial charge in [0, 0.05) is 32.7 Å². The van der Waals surface area contributed by atoms with Crippen LogP contribution in [0.15, 0.2) is 0 Å². The Morgan fingerprint density at radius 1 is 1.00 bits per heavy atom. The van der Waals surface area contributed by atoms with Gasteiger partial charge in [-0.25, -0.2) is 0 Å². The first kappa shape index (κ1) is 13.7. The standard InChI is InChI=1S/C8H16.CH3.Y/c1-7-4-3-5-8(2)6-7;;/h7-8H,3-6H2,1-2H3;1H3;/q;-1;. The molecular formula is C9H19Y-. The molecule has 1 aliphatic rings. The van der Waals surface area contributed by atoms with Crippen molar-refractivity contribution in [2.24, 2.45) is 11.8 Å². The Morgan fingerprint density at radius 3 is 1.60 bits per heavy atom. The summed E-state index contributed by atoms with van der Waals surface area (Å²) < 4.78 is 0. The number of hydrogen-bond acceptors (Lipinski definition) is 0. The number of hydrogen-bond donors (Lipinski definition) is 0. The zero-order valence-corrected chi connectivity index (χ0v) is 10.4. The van der Waals surface area contributed by atoms with Crippen LogP contribution in [-0.4, -0.2) is 0 Å².